The fourth-order valence-electron chi connectivity index (χ4n) is 3.48. The van der Waals surface area contributed by atoms with Crippen LogP contribution in [-0.2, 0) is 6.18 Å². The molecule has 0 N–H and O–H groups in total. The monoisotopic (exact) mass is 415 g/mol. The summed E-state index contributed by atoms with van der Waals surface area (Å²) in [5.41, 5.74) is 0.639. The second-order valence-corrected chi connectivity index (χ2v) is 7.06. The van der Waals surface area contributed by atoms with Gasteiger partial charge < -0.3 is 9.80 Å². The van der Waals surface area contributed by atoms with E-state index in [1.807, 2.05) is 35.2 Å². The van der Waals surface area contributed by atoms with E-state index in [2.05, 4.69) is 10.1 Å². The number of aryl methyl sites for hydroxylation is 1. The molecule has 1 aliphatic rings. The molecule has 156 valence electrons. The van der Waals surface area contributed by atoms with Gasteiger partial charge in [0.1, 0.15) is 5.82 Å². The maximum Gasteiger partial charge on any atom is 0.416 e. The number of halogens is 3. The number of amides is 1. The maximum absolute atomic E-state index is 13.0. The van der Waals surface area contributed by atoms with Crippen LogP contribution in [0.3, 0.4) is 0 Å². The second kappa shape index (κ2) is 7.81. The van der Waals surface area contributed by atoms with Crippen LogP contribution in [0.1, 0.15) is 22.0 Å². The Balaban J connectivity index is 1.44. The van der Waals surface area contributed by atoms with Gasteiger partial charge in [-0.3, -0.25) is 4.79 Å². The summed E-state index contributed by atoms with van der Waals surface area (Å²) in [6.45, 7) is 3.42. The molecule has 1 aliphatic heterocycles. The Hall–Kier alpha value is -3.36. The average molecular weight is 415 g/mol. The highest BCUT2D eigenvalue weighted by Gasteiger charge is 2.31. The second-order valence-electron chi connectivity index (χ2n) is 7.06. The van der Waals surface area contributed by atoms with Gasteiger partial charge in [-0.25, -0.2) is 9.67 Å². The fourth-order valence-corrected chi connectivity index (χ4v) is 3.48. The van der Waals surface area contributed by atoms with Crippen molar-refractivity contribution in [3.63, 3.8) is 0 Å². The fraction of sp³-hybridized carbons (Fsp3) is 0.286. The Morgan fingerprint density at radius 2 is 1.60 bits per heavy atom. The summed E-state index contributed by atoms with van der Waals surface area (Å²) in [5, 5.41) is 4.35. The quantitative estimate of drug-likeness (QED) is 0.657. The lowest BCUT2D eigenvalue weighted by Crippen LogP contribution is -2.49. The molecule has 0 radical (unpaired) electrons. The number of para-hydroxylation sites is 1. The Bertz CT molecular complexity index is 1040. The van der Waals surface area contributed by atoms with Crippen LogP contribution in [0.2, 0.25) is 0 Å². The Morgan fingerprint density at radius 1 is 0.933 bits per heavy atom. The molecule has 0 saturated carbocycles. The molecular formula is C21H20F3N5O. The van der Waals surface area contributed by atoms with E-state index < -0.39 is 11.7 Å². The van der Waals surface area contributed by atoms with Gasteiger partial charge in [0, 0.05) is 31.9 Å². The lowest BCUT2D eigenvalue weighted by atomic mass is 10.1. The molecule has 9 heteroatoms. The molecule has 1 saturated heterocycles. The largest absolute Gasteiger partial charge is 0.416 e. The summed E-state index contributed by atoms with van der Waals surface area (Å²) in [5.74, 6) is 0.437. The molecule has 0 atom stereocenters. The SMILES string of the molecule is Cc1nc(C(=O)N2CCN(c3cccc(C(F)(F)F)c3)CC2)nn1-c1ccccc1. The molecule has 0 spiro atoms. The van der Waals surface area contributed by atoms with Gasteiger partial charge >= 0.3 is 6.18 Å². The molecule has 1 aromatic heterocycles. The van der Waals surface area contributed by atoms with Gasteiger partial charge in [-0.2, -0.15) is 13.2 Å². The van der Waals surface area contributed by atoms with Crippen LogP contribution >= 0.6 is 0 Å². The molecular weight excluding hydrogens is 395 g/mol. The molecule has 2 aromatic carbocycles. The molecule has 30 heavy (non-hydrogen) atoms. The minimum Gasteiger partial charge on any atom is -0.368 e. The number of aromatic nitrogens is 3. The number of piperazine rings is 1. The van der Waals surface area contributed by atoms with Gasteiger partial charge in [0.2, 0.25) is 5.82 Å². The molecule has 0 bridgehead atoms. The number of carbonyl (C=O) groups is 1. The Labute approximate surface area is 171 Å². The number of nitrogens with zero attached hydrogens (tertiary/aromatic N) is 5. The first-order valence-corrected chi connectivity index (χ1v) is 9.53. The average Bonchev–Trinajstić information content (AvgIpc) is 3.15. The summed E-state index contributed by atoms with van der Waals surface area (Å²) in [7, 11) is 0. The lowest BCUT2D eigenvalue weighted by Gasteiger charge is -2.35. The number of carbonyl (C=O) groups excluding carboxylic acids is 1. The molecule has 2 heterocycles. The molecule has 4 rings (SSSR count). The number of alkyl halides is 3. The van der Waals surface area contributed by atoms with Crippen molar-refractivity contribution in [1.82, 2.24) is 19.7 Å². The van der Waals surface area contributed by atoms with Crippen LogP contribution in [0.25, 0.3) is 5.69 Å². The van der Waals surface area contributed by atoms with E-state index in [0.717, 1.165) is 17.8 Å². The van der Waals surface area contributed by atoms with E-state index in [1.165, 1.54) is 6.07 Å². The first kappa shape index (κ1) is 19.9. The highest BCUT2D eigenvalue weighted by molar-refractivity contribution is 5.90. The van der Waals surface area contributed by atoms with Crippen molar-refractivity contribution >= 4 is 11.6 Å². The lowest BCUT2D eigenvalue weighted by molar-refractivity contribution is -0.137. The van der Waals surface area contributed by atoms with Crippen LogP contribution in [0.5, 0.6) is 0 Å². The van der Waals surface area contributed by atoms with Crippen LogP contribution in [0, 0.1) is 6.92 Å². The van der Waals surface area contributed by atoms with Crippen molar-refractivity contribution < 1.29 is 18.0 Å². The normalized spacial score (nSPS) is 14.8. The zero-order valence-corrected chi connectivity index (χ0v) is 16.3. The van der Waals surface area contributed by atoms with Gasteiger partial charge in [-0.1, -0.05) is 24.3 Å². The summed E-state index contributed by atoms with van der Waals surface area (Å²) in [4.78, 5) is 20.6. The molecule has 0 unspecified atom stereocenters. The van der Waals surface area contributed by atoms with Crippen LogP contribution in [0.4, 0.5) is 18.9 Å². The third-order valence-corrected chi connectivity index (χ3v) is 5.07. The minimum absolute atomic E-state index is 0.115. The van der Waals surface area contributed by atoms with E-state index in [-0.39, 0.29) is 11.7 Å². The summed E-state index contributed by atoms with van der Waals surface area (Å²) >= 11 is 0. The minimum atomic E-state index is -4.38. The van der Waals surface area contributed by atoms with Crippen molar-refractivity contribution in [2.45, 2.75) is 13.1 Å². The molecule has 3 aromatic rings. The highest BCUT2D eigenvalue weighted by atomic mass is 19.4. The number of benzene rings is 2. The van der Waals surface area contributed by atoms with Gasteiger partial charge in [-0.15, -0.1) is 5.10 Å². The summed E-state index contributed by atoms with van der Waals surface area (Å²) in [6, 6.07) is 14.7. The molecule has 1 amide bonds. The van der Waals surface area contributed by atoms with Gasteiger partial charge in [0.05, 0.1) is 11.3 Å². The maximum atomic E-state index is 13.0. The van der Waals surface area contributed by atoms with Crippen LogP contribution in [0.15, 0.2) is 54.6 Å². The number of anilines is 1. The van der Waals surface area contributed by atoms with E-state index in [4.69, 9.17) is 0 Å². The summed E-state index contributed by atoms with van der Waals surface area (Å²) in [6.07, 6.45) is -4.38. The first-order valence-electron chi connectivity index (χ1n) is 9.53. The third kappa shape index (κ3) is 4.00. The zero-order chi connectivity index (χ0) is 21.3. The van der Waals surface area contributed by atoms with E-state index in [9.17, 15) is 18.0 Å². The van der Waals surface area contributed by atoms with Crippen molar-refractivity contribution in [2.75, 3.05) is 31.1 Å². The topological polar surface area (TPSA) is 54.3 Å². The van der Waals surface area contributed by atoms with E-state index in [1.54, 1.807) is 22.6 Å². The van der Waals surface area contributed by atoms with E-state index in [0.29, 0.717) is 37.7 Å². The standard InChI is InChI=1S/C21H20F3N5O/c1-15-25-19(26-29(15)17-7-3-2-4-8-17)20(30)28-12-10-27(11-13-28)18-9-5-6-16(14-18)21(22,23)24/h2-9,14H,10-13H2,1H3. The Kier molecular flexibility index (Phi) is 5.19. The van der Waals surface area contributed by atoms with Gasteiger partial charge in [0.25, 0.3) is 5.91 Å². The van der Waals surface area contributed by atoms with Crippen molar-refractivity contribution in [3.8, 4) is 5.69 Å². The zero-order valence-electron chi connectivity index (χ0n) is 16.3. The van der Waals surface area contributed by atoms with Crippen molar-refractivity contribution in [2.24, 2.45) is 0 Å². The predicted molar refractivity (Wildman–Crippen MR) is 106 cm³/mol. The molecule has 0 aliphatic carbocycles. The first-order chi connectivity index (χ1) is 14.3. The third-order valence-electron chi connectivity index (χ3n) is 5.07. The summed E-state index contributed by atoms with van der Waals surface area (Å²) < 4.78 is 40.5. The molecule has 1 fully saturated rings. The highest BCUT2D eigenvalue weighted by Crippen LogP contribution is 2.31. The van der Waals surface area contributed by atoms with Crippen molar-refractivity contribution in [3.05, 3.63) is 71.8 Å². The molecule has 6 nitrogen and oxygen atoms in total. The number of hydrogen-bond donors (Lipinski definition) is 0. The number of hydrogen-bond acceptors (Lipinski definition) is 4. The number of rotatable bonds is 3. The van der Waals surface area contributed by atoms with Crippen molar-refractivity contribution in [1.29, 1.82) is 0 Å². The van der Waals surface area contributed by atoms with Crippen LogP contribution in [-0.4, -0.2) is 51.8 Å². The Morgan fingerprint density at radius 3 is 2.27 bits per heavy atom. The van der Waals surface area contributed by atoms with E-state index >= 15 is 0 Å². The van der Waals surface area contributed by atoms with Crippen LogP contribution < -0.4 is 4.90 Å². The predicted octanol–water partition coefficient (Wildman–Crippen LogP) is 3.56. The van der Waals surface area contributed by atoms with Gasteiger partial charge in [-0.05, 0) is 37.3 Å². The van der Waals surface area contributed by atoms with Gasteiger partial charge in [0.15, 0.2) is 0 Å². The smallest absolute Gasteiger partial charge is 0.368 e.